The number of aliphatic hydroxyl groups is 9. The predicted molar refractivity (Wildman–Crippen MR) is 337 cm³/mol. The van der Waals surface area contributed by atoms with Gasteiger partial charge in [0, 0.05) is 32.9 Å². The van der Waals surface area contributed by atoms with Crippen LogP contribution in [0.25, 0.3) is 0 Å². The van der Waals surface area contributed by atoms with Crippen molar-refractivity contribution in [2.75, 3.05) is 178 Å². The lowest BCUT2D eigenvalue weighted by atomic mass is 9.97. The van der Waals surface area contributed by atoms with E-state index in [-0.39, 0.29) is 163 Å². The first-order chi connectivity index (χ1) is 48.5. The average Bonchev–Trinajstić information content (AvgIpc) is 1.57. The van der Waals surface area contributed by atoms with E-state index in [1.165, 1.54) is 12.0 Å². The molecule has 38 nitrogen and oxygen atoms in total. The summed E-state index contributed by atoms with van der Waals surface area (Å²) in [5, 5.41) is 104. The van der Waals surface area contributed by atoms with E-state index in [1.807, 2.05) is 0 Å². The molecule has 0 spiro atoms. The number of nitrogens with one attached hydrogen (secondary N) is 5. The van der Waals surface area contributed by atoms with E-state index < -0.39 is 155 Å². The molecule has 0 aliphatic carbocycles. The van der Waals surface area contributed by atoms with Crippen molar-refractivity contribution in [3.8, 4) is 0 Å². The van der Waals surface area contributed by atoms with Crippen LogP contribution in [0.1, 0.15) is 71.1 Å². The summed E-state index contributed by atoms with van der Waals surface area (Å²) in [6.07, 6.45) is -10.6. The second kappa shape index (κ2) is 49.1. The summed E-state index contributed by atoms with van der Waals surface area (Å²) in [5.41, 5.74) is 0. The van der Waals surface area contributed by atoms with Crippen LogP contribution in [0.3, 0.4) is 0 Å². The molecule has 580 valence electrons. The minimum absolute atomic E-state index is 0.0284. The van der Waals surface area contributed by atoms with Crippen LogP contribution in [0.5, 0.6) is 0 Å². The van der Waals surface area contributed by atoms with Crippen LogP contribution in [-0.2, 0) is 109 Å². The van der Waals surface area contributed by atoms with Crippen molar-refractivity contribution in [3.05, 3.63) is 0 Å². The minimum Gasteiger partial charge on any atom is -0.394 e. The van der Waals surface area contributed by atoms with Gasteiger partial charge in [-0.25, -0.2) is 4.79 Å². The zero-order valence-corrected chi connectivity index (χ0v) is 57.0. The molecule has 0 aromatic heterocycles. The number of fused-ring (bicyclic) bond motifs is 2. The largest absolute Gasteiger partial charge is 0.394 e. The average molecular weight is 1450 g/mol. The molecule has 4 amide bonds. The summed E-state index contributed by atoms with van der Waals surface area (Å²) in [4.78, 5) is 71.9. The molecule has 14 N–H and O–H groups in total. The van der Waals surface area contributed by atoms with Gasteiger partial charge in [-0.15, -0.1) is 0 Å². The molecule has 0 saturated carbocycles. The standard InChI is InChI=1S/C62H110N6O32/c1-39(72)65-53-57(80)56(79)48(36-71)99-62(53)94-31-28-89-21-16-84-15-14-83-13-12-63-10-4-2-6-40(66-50(76)38-91-25-23-86-18-20-88-27-30-93-52-33-43(74)55(78)47(35-70)96-52)58(81)67-41(61(82)100-68-59-44(97-59)8-9-45-60(68)98-45)7-3-5-11-64-49(75)37-90-24-22-85-17-19-87-26-29-92-51-32-42(73)54(77)46(34-69)95-51/h40-48,51-57,59-60,62-63,69-71,73-74,77-80H,2-38H2,1H3,(H,64,75)(H,65,72)(H,66,76)(H,67,81)/t40-,41-,42+,43+,44?,45?,46+,47+,48+,51+,52+,53+,54+,55+,56-,57+,59?,60?,62+/m0/s1. The van der Waals surface area contributed by atoms with E-state index in [0.29, 0.717) is 58.6 Å². The minimum atomic E-state index is -1.42. The molecule has 4 unspecified atom stereocenters. The summed E-state index contributed by atoms with van der Waals surface area (Å²) in [6.45, 7) is 4.14. The van der Waals surface area contributed by atoms with Crippen molar-refractivity contribution in [2.45, 2.75) is 188 Å². The lowest BCUT2D eigenvalue weighted by molar-refractivity contribution is -0.272. The summed E-state index contributed by atoms with van der Waals surface area (Å²) in [6, 6.07) is -3.33. The normalized spacial score (nSPS) is 29.4. The second-order valence-electron chi connectivity index (χ2n) is 24.3. The molecule has 0 radical (unpaired) electrons. The molecule has 0 bridgehead atoms. The topological polar surface area (TPSA) is 504 Å². The van der Waals surface area contributed by atoms with Crippen LogP contribution in [0.15, 0.2) is 0 Å². The summed E-state index contributed by atoms with van der Waals surface area (Å²) in [5.74, 6) is -2.82. The Balaban J connectivity index is 0.870. The van der Waals surface area contributed by atoms with Gasteiger partial charge in [0.15, 0.2) is 31.3 Å². The molecule has 0 aromatic carbocycles. The molecule has 6 heterocycles. The highest BCUT2D eigenvalue weighted by Gasteiger charge is 2.60. The predicted octanol–water partition coefficient (Wildman–Crippen LogP) is -7.19. The molecule has 19 atom stereocenters. The van der Waals surface area contributed by atoms with E-state index in [0.717, 1.165) is 12.8 Å². The zero-order chi connectivity index (χ0) is 71.9. The van der Waals surface area contributed by atoms with Crippen molar-refractivity contribution in [3.63, 3.8) is 0 Å². The molecular formula is C62H110N6O32. The maximum Gasteiger partial charge on any atom is 0.347 e. The van der Waals surface area contributed by atoms with Gasteiger partial charge in [0.2, 0.25) is 23.6 Å². The van der Waals surface area contributed by atoms with Gasteiger partial charge >= 0.3 is 5.97 Å². The SMILES string of the molecule is CC(=O)N[C@H]1[C@H](OCCOCCOCCOCCNCCCC[C@H](NC(=O)COCCOCCOCCO[C@H]2C[C@@H](O)[C@@H](O)[C@@H](CO)O2)C(=O)N[C@@H](CCCCNC(=O)COCCOCCOCCO[C@H]2C[C@@H](O)[C@@H](O)[C@@H](CO)O2)C(=O)ON2C3OC3CCC3OC32)O[C@H](CO)[C@H](O)[C@@H]1O. The first-order valence-electron chi connectivity index (χ1n) is 34.6. The Morgan fingerprint density at radius 1 is 0.460 bits per heavy atom. The number of carbonyl (C=O) groups excluding carboxylic acids is 5. The Bertz CT molecular complexity index is 2250. The Labute approximate surface area is 580 Å². The van der Waals surface area contributed by atoms with Crippen LogP contribution in [-0.4, -0.2) is 375 Å². The van der Waals surface area contributed by atoms with Gasteiger partial charge in [-0.1, -0.05) is 5.06 Å². The quantitative estimate of drug-likeness (QED) is 0.0199. The molecule has 6 rings (SSSR count). The number of unbranched alkanes of at least 4 members (excludes halogenated alkanes) is 2. The van der Waals surface area contributed by atoms with Crippen LogP contribution in [0.4, 0.5) is 0 Å². The van der Waals surface area contributed by atoms with Gasteiger partial charge in [-0.05, 0) is 57.9 Å². The Hall–Kier alpha value is -3.77. The molecule has 6 aliphatic rings. The number of amides is 4. The van der Waals surface area contributed by atoms with Crippen molar-refractivity contribution < 1.29 is 155 Å². The van der Waals surface area contributed by atoms with Crippen LogP contribution < -0.4 is 26.6 Å². The van der Waals surface area contributed by atoms with E-state index in [2.05, 4.69) is 26.6 Å². The molecule has 0 aromatic rings. The third-order valence-electron chi connectivity index (χ3n) is 16.5. The number of aliphatic hydroxyl groups excluding tert-OH is 9. The highest BCUT2D eigenvalue weighted by Crippen LogP contribution is 2.44. The Morgan fingerprint density at radius 2 is 0.900 bits per heavy atom. The van der Waals surface area contributed by atoms with Crippen LogP contribution in [0, 0.1) is 0 Å². The number of hydrogen-bond acceptors (Lipinski definition) is 34. The smallest absolute Gasteiger partial charge is 0.347 e. The van der Waals surface area contributed by atoms with Crippen LogP contribution in [0.2, 0.25) is 0 Å². The summed E-state index contributed by atoms with van der Waals surface area (Å²) >= 11 is 0. The van der Waals surface area contributed by atoms with E-state index >= 15 is 0 Å². The molecular weight excluding hydrogens is 1340 g/mol. The zero-order valence-electron chi connectivity index (χ0n) is 57.0. The number of carbonyl (C=O) groups is 5. The fraction of sp³-hybridized carbons (Fsp3) is 0.919. The van der Waals surface area contributed by atoms with Gasteiger partial charge in [0.05, 0.1) is 158 Å². The monoisotopic (exact) mass is 1450 g/mol. The molecule has 6 fully saturated rings. The number of epoxide rings is 2. The lowest BCUT2D eigenvalue weighted by Gasteiger charge is -2.42. The van der Waals surface area contributed by atoms with E-state index in [9.17, 15) is 69.9 Å². The summed E-state index contributed by atoms with van der Waals surface area (Å²) in [7, 11) is 0. The fourth-order valence-corrected chi connectivity index (χ4v) is 10.9. The Morgan fingerprint density at radius 3 is 1.40 bits per heavy atom. The van der Waals surface area contributed by atoms with Gasteiger partial charge in [0.1, 0.15) is 86.3 Å². The third-order valence-corrected chi connectivity index (χ3v) is 16.5. The number of rotatable bonds is 56. The lowest BCUT2D eigenvalue weighted by Crippen LogP contribution is -2.64. The second-order valence-corrected chi connectivity index (χ2v) is 24.3. The highest BCUT2D eigenvalue weighted by molar-refractivity contribution is 5.91. The number of hydrogen-bond donors (Lipinski definition) is 14. The molecule has 100 heavy (non-hydrogen) atoms. The van der Waals surface area contributed by atoms with Crippen molar-refractivity contribution in [2.24, 2.45) is 0 Å². The summed E-state index contributed by atoms with van der Waals surface area (Å²) < 4.78 is 94.4. The molecule has 6 aliphatic heterocycles. The number of nitrogens with zero attached hydrogens (tertiary/aromatic N) is 1. The van der Waals surface area contributed by atoms with Crippen LogP contribution >= 0.6 is 0 Å². The first-order valence-corrected chi connectivity index (χ1v) is 34.6. The Kier molecular flexibility index (Phi) is 41.8. The fourth-order valence-electron chi connectivity index (χ4n) is 10.9. The highest BCUT2D eigenvalue weighted by atomic mass is 16.8. The maximum absolute atomic E-state index is 14.3. The van der Waals surface area contributed by atoms with Gasteiger partial charge in [-0.2, -0.15) is 0 Å². The van der Waals surface area contributed by atoms with Crippen molar-refractivity contribution in [1.29, 1.82) is 0 Å². The van der Waals surface area contributed by atoms with E-state index in [1.54, 1.807) is 0 Å². The first kappa shape index (κ1) is 85.2. The van der Waals surface area contributed by atoms with Gasteiger partial charge in [0.25, 0.3) is 0 Å². The molecule has 6 saturated heterocycles. The number of ether oxygens (including phenoxy) is 17. The van der Waals surface area contributed by atoms with Gasteiger partial charge < -0.3 is 158 Å². The number of hydroxylamine groups is 2. The van der Waals surface area contributed by atoms with Crippen molar-refractivity contribution >= 4 is 29.6 Å². The van der Waals surface area contributed by atoms with Gasteiger partial charge in [-0.3, -0.25) is 19.2 Å². The molecule has 38 heteroatoms. The maximum atomic E-state index is 14.3. The third kappa shape index (κ3) is 32.3. The van der Waals surface area contributed by atoms with Crippen molar-refractivity contribution in [1.82, 2.24) is 31.6 Å². The van der Waals surface area contributed by atoms with E-state index in [4.69, 9.17) is 85.4 Å².